The highest BCUT2D eigenvalue weighted by Crippen LogP contribution is 2.09. The molecule has 0 fully saturated rings. The number of ether oxygens (including phenoxy) is 2. The smallest absolute Gasteiger partial charge is 0.338 e. The summed E-state index contributed by atoms with van der Waals surface area (Å²) in [5, 5.41) is 2.84. The topological polar surface area (TPSA) is 77.5 Å². The summed E-state index contributed by atoms with van der Waals surface area (Å²) in [7, 11) is 0. The summed E-state index contributed by atoms with van der Waals surface area (Å²) >= 11 is 0. The predicted octanol–water partition coefficient (Wildman–Crippen LogP) is 2.14. The Labute approximate surface area is 117 Å². The molecule has 1 aromatic rings. The number of carbonyl (C=O) groups is 2. The molecule has 0 aliphatic carbocycles. The number of pyridine rings is 1. The maximum absolute atomic E-state index is 11.6. The van der Waals surface area contributed by atoms with Crippen LogP contribution >= 0.6 is 0 Å². The molecule has 0 unspecified atom stereocenters. The quantitative estimate of drug-likeness (QED) is 0.634. The standard InChI is InChI=1S/C14H18N2O4/c1-4-19-13(17)10(3)9-16-12-8-11(6-7-15-12)14(18)20-5-2/h6-9H,4-5H2,1-3H3,(H,15,16)/b10-9-. The van der Waals surface area contributed by atoms with Gasteiger partial charge >= 0.3 is 11.9 Å². The predicted molar refractivity (Wildman–Crippen MR) is 74.2 cm³/mol. The van der Waals surface area contributed by atoms with Gasteiger partial charge in [0.05, 0.1) is 24.4 Å². The van der Waals surface area contributed by atoms with Crippen LogP contribution in [0.3, 0.4) is 0 Å². The second kappa shape index (κ2) is 7.93. The molecule has 0 aliphatic rings. The van der Waals surface area contributed by atoms with E-state index in [1.54, 1.807) is 32.9 Å². The van der Waals surface area contributed by atoms with E-state index in [1.165, 1.54) is 12.4 Å². The Bertz CT molecular complexity index is 512. The third-order valence-electron chi connectivity index (χ3n) is 2.31. The van der Waals surface area contributed by atoms with Crippen molar-refractivity contribution in [1.82, 2.24) is 4.98 Å². The van der Waals surface area contributed by atoms with Crippen LogP contribution in [0.4, 0.5) is 5.82 Å². The molecule has 0 aromatic carbocycles. The molecule has 0 radical (unpaired) electrons. The Morgan fingerprint density at radius 3 is 2.65 bits per heavy atom. The van der Waals surface area contributed by atoms with E-state index >= 15 is 0 Å². The Morgan fingerprint density at radius 1 is 1.30 bits per heavy atom. The Hall–Kier alpha value is -2.37. The van der Waals surface area contributed by atoms with Crippen molar-refractivity contribution >= 4 is 17.8 Å². The fourth-order valence-electron chi connectivity index (χ4n) is 1.34. The first kappa shape index (κ1) is 15.7. The zero-order valence-electron chi connectivity index (χ0n) is 11.8. The first-order chi connectivity index (χ1) is 9.58. The van der Waals surface area contributed by atoms with Crippen LogP contribution in [0.5, 0.6) is 0 Å². The molecule has 20 heavy (non-hydrogen) atoms. The first-order valence-corrected chi connectivity index (χ1v) is 6.32. The summed E-state index contributed by atoms with van der Waals surface area (Å²) in [6.45, 7) is 5.74. The van der Waals surface area contributed by atoms with Gasteiger partial charge in [0.25, 0.3) is 0 Å². The fraction of sp³-hybridized carbons (Fsp3) is 0.357. The summed E-state index contributed by atoms with van der Waals surface area (Å²) in [6.07, 6.45) is 2.97. The van der Waals surface area contributed by atoms with Crippen molar-refractivity contribution in [1.29, 1.82) is 0 Å². The zero-order valence-corrected chi connectivity index (χ0v) is 11.8. The minimum atomic E-state index is -0.413. The van der Waals surface area contributed by atoms with Gasteiger partial charge in [-0.15, -0.1) is 0 Å². The number of aromatic nitrogens is 1. The number of nitrogens with zero attached hydrogens (tertiary/aromatic N) is 1. The molecule has 0 atom stereocenters. The Morgan fingerprint density at radius 2 is 2.00 bits per heavy atom. The largest absolute Gasteiger partial charge is 0.463 e. The molecule has 0 aliphatic heterocycles. The van der Waals surface area contributed by atoms with Gasteiger partial charge in [0.15, 0.2) is 0 Å². The molecule has 1 N–H and O–H groups in total. The first-order valence-electron chi connectivity index (χ1n) is 6.32. The number of hydrogen-bond donors (Lipinski definition) is 1. The molecule has 108 valence electrons. The molecule has 0 bridgehead atoms. The number of esters is 2. The SMILES string of the molecule is CCOC(=O)/C(C)=C\Nc1cc(C(=O)OCC)ccn1. The number of anilines is 1. The second-order valence-electron chi connectivity index (χ2n) is 3.84. The van der Waals surface area contributed by atoms with Crippen LogP contribution in [0.2, 0.25) is 0 Å². The third kappa shape index (κ3) is 4.72. The summed E-state index contributed by atoms with van der Waals surface area (Å²) in [5.74, 6) is -0.371. The molecule has 1 heterocycles. The molecule has 0 saturated heterocycles. The lowest BCUT2D eigenvalue weighted by Crippen LogP contribution is -2.08. The number of nitrogens with one attached hydrogen (secondary N) is 1. The lowest BCUT2D eigenvalue weighted by Gasteiger charge is -2.05. The molecule has 6 heteroatoms. The van der Waals surface area contributed by atoms with Crippen LogP contribution in [0, 0.1) is 0 Å². The fourth-order valence-corrected chi connectivity index (χ4v) is 1.34. The number of carbonyl (C=O) groups excluding carboxylic acids is 2. The van der Waals surface area contributed by atoms with E-state index in [9.17, 15) is 9.59 Å². The molecule has 0 saturated carbocycles. The van der Waals surface area contributed by atoms with E-state index in [-0.39, 0.29) is 0 Å². The van der Waals surface area contributed by atoms with Crippen molar-refractivity contribution in [2.45, 2.75) is 20.8 Å². The van der Waals surface area contributed by atoms with Crippen molar-refractivity contribution < 1.29 is 19.1 Å². The molecule has 6 nitrogen and oxygen atoms in total. The summed E-state index contributed by atoms with van der Waals surface area (Å²) in [6, 6.07) is 3.11. The van der Waals surface area contributed by atoms with E-state index in [4.69, 9.17) is 9.47 Å². The van der Waals surface area contributed by atoms with Gasteiger partial charge < -0.3 is 14.8 Å². The number of hydrogen-bond acceptors (Lipinski definition) is 6. The van der Waals surface area contributed by atoms with Gasteiger partial charge in [0, 0.05) is 12.4 Å². The van der Waals surface area contributed by atoms with Gasteiger partial charge in [-0.1, -0.05) is 0 Å². The summed E-state index contributed by atoms with van der Waals surface area (Å²) in [5.41, 5.74) is 0.807. The molecule has 0 spiro atoms. The van der Waals surface area contributed by atoms with Crippen molar-refractivity contribution in [3.63, 3.8) is 0 Å². The lowest BCUT2D eigenvalue weighted by atomic mass is 10.2. The third-order valence-corrected chi connectivity index (χ3v) is 2.31. The highest BCUT2D eigenvalue weighted by molar-refractivity contribution is 5.90. The van der Waals surface area contributed by atoms with Crippen LogP contribution < -0.4 is 5.32 Å². The van der Waals surface area contributed by atoms with Gasteiger partial charge in [-0.25, -0.2) is 14.6 Å². The van der Waals surface area contributed by atoms with Crippen LogP contribution in [0.1, 0.15) is 31.1 Å². The Kier molecular flexibility index (Phi) is 6.22. The van der Waals surface area contributed by atoms with E-state index in [0.29, 0.717) is 30.2 Å². The molecule has 1 rings (SSSR count). The van der Waals surface area contributed by atoms with E-state index in [0.717, 1.165) is 0 Å². The van der Waals surface area contributed by atoms with Gasteiger partial charge in [-0.3, -0.25) is 0 Å². The van der Waals surface area contributed by atoms with Crippen molar-refractivity contribution in [2.75, 3.05) is 18.5 Å². The van der Waals surface area contributed by atoms with Gasteiger partial charge in [-0.2, -0.15) is 0 Å². The maximum atomic E-state index is 11.6. The maximum Gasteiger partial charge on any atom is 0.338 e. The molecular weight excluding hydrogens is 260 g/mol. The van der Waals surface area contributed by atoms with Crippen molar-refractivity contribution in [2.24, 2.45) is 0 Å². The van der Waals surface area contributed by atoms with E-state index in [2.05, 4.69) is 10.3 Å². The van der Waals surface area contributed by atoms with Crippen LogP contribution in [0.25, 0.3) is 0 Å². The van der Waals surface area contributed by atoms with E-state index < -0.39 is 11.9 Å². The number of rotatable bonds is 6. The lowest BCUT2D eigenvalue weighted by molar-refractivity contribution is -0.138. The highest BCUT2D eigenvalue weighted by atomic mass is 16.5. The average Bonchev–Trinajstić information content (AvgIpc) is 2.45. The average molecular weight is 278 g/mol. The van der Waals surface area contributed by atoms with Crippen LogP contribution in [-0.2, 0) is 14.3 Å². The Balaban J connectivity index is 2.74. The normalized spacial score (nSPS) is 10.8. The monoisotopic (exact) mass is 278 g/mol. The minimum Gasteiger partial charge on any atom is -0.463 e. The zero-order chi connectivity index (χ0) is 15.0. The van der Waals surface area contributed by atoms with Crippen molar-refractivity contribution in [3.05, 3.63) is 35.7 Å². The summed E-state index contributed by atoms with van der Waals surface area (Å²) in [4.78, 5) is 27.0. The van der Waals surface area contributed by atoms with E-state index in [1.807, 2.05) is 0 Å². The molecule has 1 aromatic heterocycles. The van der Waals surface area contributed by atoms with Gasteiger partial charge in [0.2, 0.25) is 0 Å². The van der Waals surface area contributed by atoms with Crippen LogP contribution in [0.15, 0.2) is 30.1 Å². The van der Waals surface area contributed by atoms with Gasteiger partial charge in [0.1, 0.15) is 5.82 Å². The minimum absolute atomic E-state index is 0.311. The van der Waals surface area contributed by atoms with Crippen LogP contribution in [-0.4, -0.2) is 30.1 Å². The van der Waals surface area contributed by atoms with Gasteiger partial charge in [-0.05, 0) is 32.9 Å². The highest BCUT2D eigenvalue weighted by Gasteiger charge is 2.08. The molecular formula is C14H18N2O4. The molecule has 0 amide bonds. The van der Waals surface area contributed by atoms with Crippen molar-refractivity contribution in [3.8, 4) is 0 Å². The second-order valence-corrected chi connectivity index (χ2v) is 3.84. The summed E-state index contributed by atoms with van der Waals surface area (Å²) < 4.78 is 9.74.